The minimum Gasteiger partial charge on any atom is -0.481 e. The van der Waals surface area contributed by atoms with Gasteiger partial charge in [-0.2, -0.15) is 0 Å². The summed E-state index contributed by atoms with van der Waals surface area (Å²) < 4.78 is 28.3. The Kier molecular flexibility index (Phi) is 9.59. The standard InChI is InChI=1S/C25H33F2NO3/c1-25(2,14-8-12-18-9-4-3-5-10-18)28-17-22(29)20-15-19(16-21(26)24(20)27)11-6-7-13-23(30)31/h3-5,9-10,15-16,22,28-29H,6-8,11-14,17H2,1-2H3,(H,30,31)/t22-/m1/s1. The minimum atomic E-state index is -1.18. The van der Waals surface area contributed by atoms with E-state index in [9.17, 15) is 18.7 Å². The molecule has 0 aromatic heterocycles. The summed E-state index contributed by atoms with van der Waals surface area (Å²) in [6.07, 6.45) is 3.11. The molecule has 2 rings (SSSR count). The summed E-state index contributed by atoms with van der Waals surface area (Å²) in [5, 5.41) is 22.5. The number of halogens is 2. The second-order valence-corrected chi connectivity index (χ2v) is 8.70. The van der Waals surface area contributed by atoms with E-state index in [2.05, 4.69) is 17.4 Å². The lowest BCUT2D eigenvalue weighted by atomic mass is 9.94. The maximum absolute atomic E-state index is 14.3. The van der Waals surface area contributed by atoms with Gasteiger partial charge in [0.2, 0.25) is 0 Å². The van der Waals surface area contributed by atoms with E-state index in [0.29, 0.717) is 24.8 Å². The van der Waals surface area contributed by atoms with Crippen molar-refractivity contribution in [3.05, 3.63) is 70.8 Å². The van der Waals surface area contributed by atoms with Gasteiger partial charge in [0.05, 0.1) is 6.10 Å². The average Bonchev–Trinajstić information content (AvgIpc) is 2.72. The van der Waals surface area contributed by atoms with Gasteiger partial charge in [0.15, 0.2) is 11.6 Å². The van der Waals surface area contributed by atoms with E-state index in [0.717, 1.165) is 25.3 Å². The Morgan fingerprint density at radius 3 is 2.39 bits per heavy atom. The SMILES string of the molecule is CC(C)(CCCc1ccccc1)NC[C@@H](O)c1cc(CCCCC(=O)O)cc(F)c1F. The van der Waals surface area contributed by atoms with Crippen molar-refractivity contribution in [2.24, 2.45) is 0 Å². The number of nitrogens with one attached hydrogen (secondary N) is 1. The van der Waals surface area contributed by atoms with Gasteiger partial charge >= 0.3 is 5.97 Å². The predicted octanol–water partition coefficient (Wildman–Crippen LogP) is 5.19. The van der Waals surface area contributed by atoms with E-state index in [-0.39, 0.29) is 24.1 Å². The maximum atomic E-state index is 14.3. The normalized spacial score (nSPS) is 12.7. The van der Waals surface area contributed by atoms with Crippen molar-refractivity contribution in [2.45, 2.75) is 70.4 Å². The Hall–Kier alpha value is -2.31. The number of aliphatic hydroxyl groups excluding tert-OH is 1. The molecule has 2 aromatic carbocycles. The number of carboxylic acids is 1. The highest BCUT2D eigenvalue weighted by atomic mass is 19.2. The van der Waals surface area contributed by atoms with E-state index in [4.69, 9.17) is 5.11 Å². The van der Waals surface area contributed by atoms with Crippen molar-refractivity contribution in [1.29, 1.82) is 0 Å². The summed E-state index contributed by atoms with van der Waals surface area (Å²) in [5.74, 6) is -2.91. The molecule has 0 bridgehead atoms. The highest BCUT2D eigenvalue weighted by Crippen LogP contribution is 2.24. The molecule has 0 unspecified atom stereocenters. The molecule has 4 nitrogen and oxygen atoms in total. The molecule has 0 spiro atoms. The van der Waals surface area contributed by atoms with Gasteiger partial charge < -0.3 is 15.5 Å². The molecule has 0 amide bonds. The fraction of sp³-hybridized carbons (Fsp3) is 0.480. The average molecular weight is 434 g/mol. The summed E-state index contributed by atoms with van der Waals surface area (Å²) >= 11 is 0. The number of aliphatic carboxylic acids is 1. The molecule has 0 saturated heterocycles. The van der Waals surface area contributed by atoms with Crippen LogP contribution in [-0.2, 0) is 17.6 Å². The van der Waals surface area contributed by atoms with Crippen LogP contribution < -0.4 is 5.32 Å². The number of aryl methyl sites for hydroxylation is 2. The molecule has 0 aliphatic carbocycles. The zero-order valence-corrected chi connectivity index (χ0v) is 18.3. The maximum Gasteiger partial charge on any atom is 0.303 e. The third-order valence-corrected chi connectivity index (χ3v) is 5.47. The van der Waals surface area contributed by atoms with Gasteiger partial charge in [-0.25, -0.2) is 8.78 Å². The lowest BCUT2D eigenvalue weighted by Crippen LogP contribution is -2.41. The minimum absolute atomic E-state index is 0.0441. The van der Waals surface area contributed by atoms with Gasteiger partial charge in [0.1, 0.15) is 0 Å². The van der Waals surface area contributed by atoms with E-state index in [1.807, 2.05) is 32.0 Å². The Bertz CT molecular complexity index is 840. The van der Waals surface area contributed by atoms with Crippen molar-refractivity contribution in [3.63, 3.8) is 0 Å². The summed E-state index contributed by atoms with van der Waals surface area (Å²) in [7, 11) is 0. The van der Waals surface area contributed by atoms with Crippen molar-refractivity contribution in [3.8, 4) is 0 Å². The van der Waals surface area contributed by atoms with Gasteiger partial charge in [-0.1, -0.05) is 36.4 Å². The predicted molar refractivity (Wildman–Crippen MR) is 118 cm³/mol. The lowest BCUT2D eigenvalue weighted by molar-refractivity contribution is -0.137. The molecule has 3 N–H and O–H groups in total. The molecule has 6 heteroatoms. The number of hydrogen-bond acceptors (Lipinski definition) is 3. The van der Waals surface area contributed by atoms with Crippen molar-refractivity contribution < 1.29 is 23.8 Å². The Labute approximate surface area is 183 Å². The molecule has 0 aliphatic heterocycles. The van der Waals surface area contributed by atoms with Crippen LogP contribution in [0, 0.1) is 11.6 Å². The third-order valence-electron chi connectivity index (χ3n) is 5.47. The number of benzene rings is 2. The smallest absolute Gasteiger partial charge is 0.303 e. The fourth-order valence-corrected chi connectivity index (χ4v) is 3.61. The highest BCUT2D eigenvalue weighted by Gasteiger charge is 2.22. The fourth-order valence-electron chi connectivity index (χ4n) is 3.61. The van der Waals surface area contributed by atoms with Crippen LogP contribution in [0.3, 0.4) is 0 Å². The van der Waals surface area contributed by atoms with E-state index >= 15 is 0 Å². The summed E-state index contributed by atoms with van der Waals surface area (Å²) in [6, 6.07) is 12.8. The van der Waals surface area contributed by atoms with Crippen LogP contribution >= 0.6 is 0 Å². The van der Waals surface area contributed by atoms with Crippen LogP contribution in [0.1, 0.15) is 68.7 Å². The number of aliphatic hydroxyl groups is 1. The first-order valence-electron chi connectivity index (χ1n) is 10.8. The molecule has 31 heavy (non-hydrogen) atoms. The lowest BCUT2D eigenvalue weighted by Gasteiger charge is -2.28. The number of carbonyl (C=O) groups is 1. The Morgan fingerprint density at radius 2 is 1.71 bits per heavy atom. The monoisotopic (exact) mass is 433 g/mol. The first kappa shape index (κ1) is 25.0. The third kappa shape index (κ3) is 8.75. The Morgan fingerprint density at radius 1 is 1.03 bits per heavy atom. The van der Waals surface area contributed by atoms with Crippen LogP contribution in [0.15, 0.2) is 42.5 Å². The molecule has 0 saturated carbocycles. The molecular formula is C25H33F2NO3. The van der Waals surface area contributed by atoms with Crippen LogP contribution in [0.5, 0.6) is 0 Å². The summed E-state index contributed by atoms with van der Waals surface area (Å²) in [4.78, 5) is 10.6. The van der Waals surface area contributed by atoms with Crippen LogP contribution in [0.2, 0.25) is 0 Å². The molecule has 2 aromatic rings. The highest BCUT2D eigenvalue weighted by molar-refractivity contribution is 5.66. The molecule has 0 fully saturated rings. The zero-order valence-electron chi connectivity index (χ0n) is 18.3. The second-order valence-electron chi connectivity index (χ2n) is 8.70. The first-order chi connectivity index (χ1) is 14.7. The van der Waals surface area contributed by atoms with Crippen LogP contribution in [-0.4, -0.2) is 28.3 Å². The quantitative estimate of drug-likeness (QED) is 0.381. The summed E-state index contributed by atoms with van der Waals surface area (Å²) in [6.45, 7) is 4.16. The van der Waals surface area contributed by atoms with Crippen LogP contribution in [0.4, 0.5) is 8.78 Å². The van der Waals surface area contributed by atoms with Crippen molar-refractivity contribution in [2.75, 3.05) is 6.54 Å². The van der Waals surface area contributed by atoms with Crippen molar-refractivity contribution >= 4 is 5.97 Å². The van der Waals surface area contributed by atoms with Crippen LogP contribution in [0.25, 0.3) is 0 Å². The molecule has 0 heterocycles. The number of β-amino-alcohol motifs (C(OH)–C–C–N with tert-alkyl or cyclic N) is 1. The second kappa shape index (κ2) is 11.9. The molecular weight excluding hydrogens is 400 g/mol. The molecule has 0 radical (unpaired) electrons. The topological polar surface area (TPSA) is 69.6 Å². The van der Waals surface area contributed by atoms with Gasteiger partial charge in [0, 0.05) is 24.1 Å². The van der Waals surface area contributed by atoms with Gasteiger partial charge in [0.25, 0.3) is 0 Å². The van der Waals surface area contributed by atoms with Gasteiger partial charge in [-0.3, -0.25) is 4.79 Å². The van der Waals surface area contributed by atoms with Crippen molar-refractivity contribution in [1.82, 2.24) is 5.32 Å². The number of unbranched alkanes of at least 4 members (excludes halogenated alkanes) is 1. The molecule has 0 aliphatic rings. The first-order valence-corrected chi connectivity index (χ1v) is 10.8. The van der Waals surface area contributed by atoms with Gasteiger partial charge in [-0.05, 0) is 69.6 Å². The molecule has 1 atom stereocenters. The number of hydrogen-bond donors (Lipinski definition) is 3. The van der Waals surface area contributed by atoms with E-state index in [1.54, 1.807) is 0 Å². The van der Waals surface area contributed by atoms with E-state index in [1.165, 1.54) is 11.6 Å². The van der Waals surface area contributed by atoms with Gasteiger partial charge in [-0.15, -0.1) is 0 Å². The largest absolute Gasteiger partial charge is 0.481 e. The van der Waals surface area contributed by atoms with E-state index < -0.39 is 23.7 Å². The zero-order chi connectivity index (χ0) is 22.9. The Balaban J connectivity index is 1.89. The summed E-state index contributed by atoms with van der Waals surface area (Å²) in [5.41, 5.74) is 1.50. The number of carboxylic acid groups (broad SMARTS) is 1. The number of rotatable bonds is 13. The molecule has 170 valence electrons.